The number of nitriles is 1. The molecule has 0 bridgehead atoms. The number of carboxylic acid groups (broad SMARTS) is 1. The molecule has 0 fully saturated rings. The van der Waals surface area contributed by atoms with E-state index in [0.29, 0.717) is 6.42 Å². The van der Waals surface area contributed by atoms with Gasteiger partial charge in [-0.15, -0.1) is 0 Å². The van der Waals surface area contributed by atoms with Crippen LogP contribution in [0.1, 0.15) is 41.0 Å². The third-order valence-corrected chi connectivity index (χ3v) is 2.14. The van der Waals surface area contributed by atoms with E-state index in [4.69, 9.17) is 10.4 Å². The highest BCUT2D eigenvalue weighted by molar-refractivity contribution is 5.73. The molecular weight excluding hydrogens is 178 g/mol. The van der Waals surface area contributed by atoms with Gasteiger partial charge < -0.3 is 5.11 Å². The number of rotatable bonds is 3. The fourth-order valence-electron chi connectivity index (χ4n) is 2.03. The van der Waals surface area contributed by atoms with E-state index in [1.165, 1.54) is 0 Å². The summed E-state index contributed by atoms with van der Waals surface area (Å²) in [5.74, 6) is -1.96. The average Bonchev–Trinajstić information content (AvgIpc) is 1.79. The summed E-state index contributed by atoms with van der Waals surface area (Å²) in [6.07, 6.45) is 0.713. The van der Waals surface area contributed by atoms with Gasteiger partial charge in [0.15, 0.2) is 0 Å². The molecule has 0 saturated carbocycles. The van der Waals surface area contributed by atoms with E-state index in [0.717, 1.165) is 0 Å². The Morgan fingerprint density at radius 1 is 1.36 bits per heavy atom. The third-order valence-electron chi connectivity index (χ3n) is 2.14. The lowest BCUT2D eigenvalue weighted by molar-refractivity contribution is -0.143. The fraction of sp³-hybridized carbons (Fsp3) is 0.818. The summed E-state index contributed by atoms with van der Waals surface area (Å²) < 4.78 is 0. The van der Waals surface area contributed by atoms with Gasteiger partial charge in [-0.1, -0.05) is 34.6 Å². The highest BCUT2D eigenvalue weighted by atomic mass is 16.4. The minimum atomic E-state index is -1.03. The van der Waals surface area contributed by atoms with Crippen molar-refractivity contribution in [3.8, 4) is 6.07 Å². The highest BCUT2D eigenvalue weighted by Gasteiger charge is 2.38. The quantitative estimate of drug-likeness (QED) is 0.756. The van der Waals surface area contributed by atoms with Crippen molar-refractivity contribution in [2.45, 2.75) is 41.0 Å². The lowest BCUT2D eigenvalue weighted by Crippen LogP contribution is -2.33. The van der Waals surface area contributed by atoms with E-state index in [1.54, 1.807) is 0 Å². The predicted octanol–water partition coefficient (Wildman–Crippen LogP) is 2.67. The number of nitrogens with zero attached hydrogens (tertiary/aromatic N) is 1. The summed E-state index contributed by atoms with van der Waals surface area (Å²) >= 11 is 0. The minimum Gasteiger partial charge on any atom is -0.480 e. The van der Waals surface area contributed by atoms with Crippen LogP contribution in [0.2, 0.25) is 0 Å². The molecule has 0 aromatic heterocycles. The third kappa shape index (κ3) is 3.78. The molecule has 3 nitrogen and oxygen atoms in total. The van der Waals surface area contributed by atoms with Crippen LogP contribution in [0.15, 0.2) is 0 Å². The standard InChI is InChI=1S/C11H19NO2/c1-10(2,3)7-11(4,5)8(6-12)9(13)14/h8H,7H2,1-5H3,(H,13,14). The minimum absolute atomic E-state index is 0.0358. The Labute approximate surface area is 85.7 Å². The van der Waals surface area contributed by atoms with Gasteiger partial charge in [0.2, 0.25) is 0 Å². The first kappa shape index (κ1) is 13.0. The SMILES string of the molecule is CC(C)(C)CC(C)(C)C(C#N)C(=O)O. The maximum atomic E-state index is 10.8. The number of hydrogen-bond donors (Lipinski definition) is 1. The molecule has 0 aromatic carbocycles. The van der Waals surface area contributed by atoms with Gasteiger partial charge in [-0.2, -0.15) is 5.26 Å². The van der Waals surface area contributed by atoms with Crippen molar-refractivity contribution in [2.75, 3.05) is 0 Å². The predicted molar refractivity (Wildman–Crippen MR) is 54.6 cm³/mol. The van der Waals surface area contributed by atoms with Crippen LogP contribution in [0.3, 0.4) is 0 Å². The van der Waals surface area contributed by atoms with E-state index in [2.05, 4.69) is 0 Å². The van der Waals surface area contributed by atoms with E-state index in [9.17, 15) is 4.79 Å². The molecule has 0 spiro atoms. The Hall–Kier alpha value is -1.04. The fourth-order valence-corrected chi connectivity index (χ4v) is 2.03. The van der Waals surface area contributed by atoms with Crippen LogP contribution in [0.4, 0.5) is 0 Å². The summed E-state index contributed by atoms with van der Waals surface area (Å²) in [6.45, 7) is 9.81. The van der Waals surface area contributed by atoms with Crippen LogP contribution in [0, 0.1) is 28.1 Å². The molecule has 0 rings (SSSR count). The molecule has 0 radical (unpaired) electrons. The first-order valence-electron chi connectivity index (χ1n) is 4.72. The van der Waals surface area contributed by atoms with Crippen LogP contribution in [-0.4, -0.2) is 11.1 Å². The number of hydrogen-bond acceptors (Lipinski definition) is 2. The van der Waals surface area contributed by atoms with Crippen LogP contribution in [0.25, 0.3) is 0 Å². The van der Waals surface area contributed by atoms with Gasteiger partial charge in [0.1, 0.15) is 5.92 Å². The van der Waals surface area contributed by atoms with Gasteiger partial charge in [-0.25, -0.2) is 0 Å². The molecule has 1 N–H and O–H groups in total. The normalized spacial score (nSPS) is 14.6. The largest absolute Gasteiger partial charge is 0.480 e. The zero-order chi connectivity index (χ0) is 11.6. The topological polar surface area (TPSA) is 61.1 Å². The molecule has 0 aliphatic rings. The van der Waals surface area contributed by atoms with Crippen LogP contribution in [0.5, 0.6) is 0 Å². The summed E-state index contributed by atoms with van der Waals surface area (Å²) in [6, 6.07) is 1.86. The van der Waals surface area contributed by atoms with Crippen molar-refractivity contribution in [3.05, 3.63) is 0 Å². The van der Waals surface area contributed by atoms with Gasteiger partial charge in [-0.3, -0.25) is 4.79 Å². The summed E-state index contributed by atoms with van der Waals surface area (Å²) in [5.41, 5.74) is -0.452. The molecule has 1 atom stereocenters. The molecular formula is C11H19NO2. The summed E-state index contributed by atoms with van der Waals surface area (Å²) in [7, 11) is 0. The van der Waals surface area contributed by atoms with Crippen LogP contribution in [-0.2, 0) is 4.79 Å². The van der Waals surface area contributed by atoms with Gasteiger partial charge >= 0.3 is 5.97 Å². The molecule has 1 unspecified atom stereocenters. The second-order valence-electron chi connectivity index (χ2n) is 5.63. The second-order valence-corrected chi connectivity index (χ2v) is 5.63. The summed E-state index contributed by atoms with van der Waals surface area (Å²) in [5, 5.41) is 17.7. The van der Waals surface area contributed by atoms with Crippen molar-refractivity contribution in [2.24, 2.45) is 16.7 Å². The zero-order valence-corrected chi connectivity index (χ0v) is 9.59. The first-order chi connectivity index (χ1) is 6.10. The monoisotopic (exact) mass is 197 g/mol. The van der Waals surface area contributed by atoms with E-state index < -0.39 is 17.3 Å². The van der Waals surface area contributed by atoms with Crippen molar-refractivity contribution >= 4 is 5.97 Å². The number of aliphatic carboxylic acids is 1. The molecule has 0 aromatic rings. The summed E-state index contributed by atoms with van der Waals surface area (Å²) in [4.78, 5) is 10.8. The van der Waals surface area contributed by atoms with Crippen molar-refractivity contribution < 1.29 is 9.90 Å². The van der Waals surface area contributed by atoms with Crippen molar-refractivity contribution in [3.63, 3.8) is 0 Å². The number of carboxylic acids is 1. The van der Waals surface area contributed by atoms with Gasteiger partial charge in [0, 0.05) is 0 Å². The second kappa shape index (κ2) is 4.00. The molecule has 0 aliphatic heterocycles. The molecule has 0 amide bonds. The Balaban J connectivity index is 4.77. The zero-order valence-electron chi connectivity index (χ0n) is 9.59. The van der Waals surface area contributed by atoms with Gasteiger partial charge in [0.25, 0.3) is 0 Å². The first-order valence-corrected chi connectivity index (χ1v) is 4.72. The Morgan fingerprint density at radius 2 is 1.79 bits per heavy atom. The smallest absolute Gasteiger partial charge is 0.321 e. The van der Waals surface area contributed by atoms with E-state index in [-0.39, 0.29) is 5.41 Å². The molecule has 0 heterocycles. The molecule has 0 aliphatic carbocycles. The van der Waals surface area contributed by atoms with Crippen molar-refractivity contribution in [1.29, 1.82) is 5.26 Å². The Bertz CT molecular complexity index is 255. The van der Waals surface area contributed by atoms with E-state index in [1.807, 2.05) is 40.7 Å². The Kier molecular flexibility index (Phi) is 3.70. The highest BCUT2D eigenvalue weighted by Crippen LogP contribution is 2.38. The van der Waals surface area contributed by atoms with Crippen LogP contribution < -0.4 is 0 Å². The molecule has 3 heteroatoms. The Morgan fingerprint density at radius 3 is 2.00 bits per heavy atom. The lowest BCUT2D eigenvalue weighted by Gasteiger charge is -2.33. The van der Waals surface area contributed by atoms with Gasteiger partial charge in [0.05, 0.1) is 6.07 Å². The van der Waals surface area contributed by atoms with E-state index >= 15 is 0 Å². The molecule has 14 heavy (non-hydrogen) atoms. The maximum absolute atomic E-state index is 10.8. The van der Waals surface area contributed by atoms with Gasteiger partial charge in [-0.05, 0) is 17.3 Å². The molecule has 80 valence electrons. The lowest BCUT2D eigenvalue weighted by atomic mass is 9.69. The number of carbonyl (C=O) groups is 1. The average molecular weight is 197 g/mol. The molecule has 0 saturated heterocycles. The maximum Gasteiger partial charge on any atom is 0.321 e. The van der Waals surface area contributed by atoms with Crippen molar-refractivity contribution in [1.82, 2.24) is 0 Å². The van der Waals surface area contributed by atoms with Crippen LogP contribution >= 0.6 is 0 Å².